The zero-order chi connectivity index (χ0) is 26.7. The van der Waals surface area contributed by atoms with Crippen molar-refractivity contribution in [3.05, 3.63) is 30.0 Å². The minimum atomic E-state index is -1.45. The predicted molar refractivity (Wildman–Crippen MR) is 148 cm³/mol. The van der Waals surface area contributed by atoms with Gasteiger partial charge in [0.25, 0.3) is 11.8 Å². The highest BCUT2D eigenvalue weighted by Gasteiger charge is 2.45. The highest BCUT2D eigenvalue weighted by molar-refractivity contribution is 14.1. The maximum absolute atomic E-state index is 13.8. The molecule has 0 spiro atoms. The standard InChI is InChI=1S/C25H33IN4O6S/c1-14(2)9-20(28-23(31)19-11-17-18(27-19)5-4-6-22(17)35-3)25(33)30-12-15(13-36-26)10-21(30)24(32)29-37(34)16-7-8-16/h4-6,11,14-16,20-21,27H,7-10,12-13H2,1-3H3,(H,28,31)(H,29,32). The van der Waals surface area contributed by atoms with Gasteiger partial charge >= 0.3 is 0 Å². The number of carbonyl (C=O) groups is 3. The number of fused-ring (bicyclic) bond motifs is 1. The first-order valence-electron chi connectivity index (χ1n) is 12.4. The molecule has 4 rings (SSSR count). The highest BCUT2D eigenvalue weighted by atomic mass is 127. The van der Waals surface area contributed by atoms with E-state index in [4.69, 9.17) is 7.80 Å². The molecule has 12 heteroatoms. The minimum Gasteiger partial charge on any atom is -0.593 e. The van der Waals surface area contributed by atoms with Crippen LogP contribution in [-0.2, 0) is 24.0 Å². The fourth-order valence-electron chi connectivity index (χ4n) is 4.71. The van der Waals surface area contributed by atoms with Crippen molar-refractivity contribution in [1.82, 2.24) is 19.9 Å². The molecule has 1 aromatic heterocycles. The van der Waals surface area contributed by atoms with Crippen molar-refractivity contribution in [2.24, 2.45) is 11.8 Å². The number of H-pyrrole nitrogens is 1. The Balaban J connectivity index is 1.53. The van der Waals surface area contributed by atoms with E-state index >= 15 is 0 Å². The van der Waals surface area contributed by atoms with Gasteiger partial charge in [-0.3, -0.25) is 14.4 Å². The SMILES string of the molecule is COc1cccc2[nH]c(C(=O)NC(CC(C)C)C(=O)N3CC(COI)CC3C(=O)N[S+]([O-])C3CC3)cc12. The number of amides is 3. The number of halogens is 1. The lowest BCUT2D eigenvalue weighted by Gasteiger charge is -2.29. The Morgan fingerprint density at radius 3 is 2.70 bits per heavy atom. The number of hydrogen-bond donors (Lipinski definition) is 3. The Morgan fingerprint density at radius 1 is 1.30 bits per heavy atom. The molecule has 2 aliphatic rings. The van der Waals surface area contributed by atoms with Crippen LogP contribution in [0.15, 0.2) is 24.3 Å². The lowest BCUT2D eigenvalue weighted by molar-refractivity contribution is -0.139. The molecule has 2 fully saturated rings. The monoisotopic (exact) mass is 644 g/mol. The summed E-state index contributed by atoms with van der Waals surface area (Å²) in [6, 6.07) is 5.59. The average Bonchev–Trinajstić information content (AvgIpc) is 3.48. The largest absolute Gasteiger partial charge is 0.593 e. The molecule has 1 aliphatic carbocycles. The molecule has 1 aliphatic heterocycles. The summed E-state index contributed by atoms with van der Waals surface area (Å²) in [4.78, 5) is 44.7. The number of hydrogen-bond acceptors (Lipinski definition) is 6. The van der Waals surface area contributed by atoms with Gasteiger partial charge in [-0.05, 0) is 37.0 Å². The fourth-order valence-corrected chi connectivity index (χ4v) is 6.29. The van der Waals surface area contributed by atoms with Gasteiger partial charge < -0.3 is 27.6 Å². The number of nitrogens with zero attached hydrogens (tertiary/aromatic N) is 1. The van der Waals surface area contributed by atoms with E-state index in [0.717, 1.165) is 23.7 Å². The van der Waals surface area contributed by atoms with Crippen molar-refractivity contribution in [3.63, 3.8) is 0 Å². The topological polar surface area (TPSA) is 136 Å². The van der Waals surface area contributed by atoms with E-state index in [-0.39, 0.29) is 23.0 Å². The molecular weight excluding hydrogens is 611 g/mol. The van der Waals surface area contributed by atoms with Gasteiger partial charge in [0.15, 0.2) is 0 Å². The van der Waals surface area contributed by atoms with E-state index in [2.05, 4.69) is 15.0 Å². The number of rotatable bonds is 11. The first-order chi connectivity index (χ1) is 17.7. The third-order valence-electron chi connectivity index (χ3n) is 6.70. The van der Waals surface area contributed by atoms with Crippen LogP contribution in [0.25, 0.3) is 10.9 Å². The summed E-state index contributed by atoms with van der Waals surface area (Å²) in [6.45, 7) is 4.65. The molecule has 1 aromatic carbocycles. The summed E-state index contributed by atoms with van der Waals surface area (Å²) in [5.74, 6) is -0.457. The quantitative estimate of drug-likeness (QED) is 0.255. The Hall–Kier alpha value is -2.03. The molecule has 4 atom stereocenters. The van der Waals surface area contributed by atoms with E-state index in [9.17, 15) is 18.9 Å². The molecule has 10 nitrogen and oxygen atoms in total. The van der Waals surface area contributed by atoms with Crippen LogP contribution in [0.5, 0.6) is 5.75 Å². The number of aromatic nitrogens is 1. The number of benzene rings is 1. The van der Waals surface area contributed by atoms with Crippen LogP contribution in [0.2, 0.25) is 0 Å². The molecule has 3 amide bonds. The van der Waals surface area contributed by atoms with Crippen LogP contribution >= 0.6 is 23.0 Å². The Bertz CT molecular complexity index is 1140. The maximum Gasteiger partial charge on any atom is 0.283 e. The van der Waals surface area contributed by atoms with Gasteiger partial charge in [-0.25, -0.2) is 0 Å². The second-order valence-electron chi connectivity index (χ2n) is 10.1. The van der Waals surface area contributed by atoms with Gasteiger partial charge in [0.1, 0.15) is 51.8 Å². The molecular formula is C25H33IN4O6S. The van der Waals surface area contributed by atoms with Crippen molar-refractivity contribution < 1.29 is 26.7 Å². The number of aromatic amines is 1. The summed E-state index contributed by atoms with van der Waals surface area (Å²) < 4.78 is 25.6. The van der Waals surface area contributed by atoms with Crippen molar-refractivity contribution in [1.29, 1.82) is 0 Å². The lowest BCUT2D eigenvalue weighted by Crippen LogP contribution is -2.54. The summed E-state index contributed by atoms with van der Waals surface area (Å²) in [5.41, 5.74) is 1.06. The van der Waals surface area contributed by atoms with Crippen LogP contribution < -0.4 is 14.8 Å². The molecule has 2 heterocycles. The predicted octanol–water partition coefficient (Wildman–Crippen LogP) is 2.85. The molecule has 0 radical (unpaired) electrons. The van der Waals surface area contributed by atoms with Crippen LogP contribution in [0, 0.1) is 11.8 Å². The van der Waals surface area contributed by atoms with Gasteiger partial charge in [-0.2, -0.15) is 4.72 Å². The van der Waals surface area contributed by atoms with Gasteiger partial charge in [0.05, 0.1) is 25.1 Å². The average molecular weight is 645 g/mol. The normalized spacial score (nSPS) is 21.2. The zero-order valence-corrected chi connectivity index (χ0v) is 24.1. The third kappa shape index (κ3) is 6.70. The van der Waals surface area contributed by atoms with E-state index in [0.29, 0.717) is 37.4 Å². The maximum atomic E-state index is 13.8. The van der Waals surface area contributed by atoms with Crippen LogP contribution in [-0.4, -0.2) is 69.8 Å². The summed E-state index contributed by atoms with van der Waals surface area (Å²) >= 11 is 0.354. The van der Waals surface area contributed by atoms with Gasteiger partial charge in [-0.1, -0.05) is 19.9 Å². The van der Waals surface area contributed by atoms with Gasteiger partial charge in [0, 0.05) is 36.2 Å². The van der Waals surface area contributed by atoms with Gasteiger partial charge in [-0.15, -0.1) is 0 Å². The molecule has 1 saturated carbocycles. The van der Waals surface area contributed by atoms with Crippen LogP contribution in [0.1, 0.15) is 50.0 Å². The first-order valence-corrected chi connectivity index (χ1v) is 14.5. The lowest BCUT2D eigenvalue weighted by atomic mass is 10.0. The van der Waals surface area contributed by atoms with E-state index in [1.807, 2.05) is 32.0 Å². The Labute approximate surface area is 233 Å². The van der Waals surface area contributed by atoms with E-state index < -0.39 is 35.3 Å². The zero-order valence-electron chi connectivity index (χ0n) is 21.1. The summed E-state index contributed by atoms with van der Waals surface area (Å²) in [6.07, 6.45) is 2.47. The van der Waals surface area contributed by atoms with Crippen LogP contribution in [0.4, 0.5) is 0 Å². The number of likely N-dealkylation sites (tertiary alicyclic amines) is 1. The Kier molecular flexibility index (Phi) is 9.24. The number of nitrogens with one attached hydrogen (secondary N) is 3. The molecule has 1 saturated heterocycles. The van der Waals surface area contributed by atoms with Crippen molar-refractivity contribution in [2.75, 3.05) is 20.3 Å². The second-order valence-corrected chi connectivity index (χ2v) is 12.2. The molecule has 202 valence electrons. The Morgan fingerprint density at radius 2 is 2.05 bits per heavy atom. The van der Waals surface area contributed by atoms with Crippen molar-refractivity contribution >= 4 is 63.0 Å². The molecule has 2 aromatic rings. The van der Waals surface area contributed by atoms with Crippen molar-refractivity contribution in [3.8, 4) is 5.75 Å². The fraction of sp³-hybridized carbons (Fsp3) is 0.560. The molecule has 3 N–H and O–H groups in total. The third-order valence-corrected chi connectivity index (χ3v) is 8.54. The van der Waals surface area contributed by atoms with E-state index in [1.54, 1.807) is 36.2 Å². The van der Waals surface area contributed by atoms with E-state index in [1.165, 1.54) is 4.90 Å². The molecule has 37 heavy (non-hydrogen) atoms. The highest BCUT2D eigenvalue weighted by Crippen LogP contribution is 2.30. The number of carbonyl (C=O) groups excluding carboxylic acids is 3. The second kappa shape index (κ2) is 12.2. The smallest absolute Gasteiger partial charge is 0.283 e. The first kappa shape index (κ1) is 28.0. The summed E-state index contributed by atoms with van der Waals surface area (Å²) in [5, 5.41) is 3.65. The minimum absolute atomic E-state index is 0.00843. The van der Waals surface area contributed by atoms with Crippen LogP contribution in [0.3, 0.4) is 0 Å². The molecule has 0 bridgehead atoms. The number of ether oxygens (including phenoxy) is 1. The number of methoxy groups -OCH3 is 1. The van der Waals surface area contributed by atoms with Gasteiger partial charge in [0.2, 0.25) is 5.91 Å². The molecule has 4 unspecified atom stereocenters. The van der Waals surface area contributed by atoms with Crippen molar-refractivity contribution in [2.45, 2.75) is 56.9 Å². The summed E-state index contributed by atoms with van der Waals surface area (Å²) in [7, 11) is 1.57.